The number of anilines is 1. The van der Waals surface area contributed by atoms with Crippen molar-refractivity contribution < 1.29 is 4.92 Å². The summed E-state index contributed by atoms with van der Waals surface area (Å²) in [4.78, 5) is 10.2. The van der Waals surface area contributed by atoms with Crippen LogP contribution in [0.2, 0.25) is 5.15 Å². The number of nitro groups is 1. The SMILES string of the molecule is Cn1c(Cl)c(C=NNc2ccc([N+](=O)[O-])cc2)c2ccccc21. The molecule has 1 heterocycles. The molecule has 0 spiro atoms. The molecule has 0 aliphatic heterocycles. The monoisotopic (exact) mass is 328 g/mol. The minimum absolute atomic E-state index is 0.0385. The molecule has 0 aliphatic rings. The number of aryl methyl sites for hydroxylation is 1. The Kier molecular flexibility index (Phi) is 3.99. The Labute approximate surface area is 137 Å². The largest absolute Gasteiger partial charge is 0.334 e. The van der Waals surface area contributed by atoms with Gasteiger partial charge >= 0.3 is 0 Å². The van der Waals surface area contributed by atoms with Crippen LogP contribution >= 0.6 is 11.6 Å². The third-order valence-corrected chi connectivity index (χ3v) is 3.99. The van der Waals surface area contributed by atoms with Gasteiger partial charge in [0.2, 0.25) is 0 Å². The van der Waals surface area contributed by atoms with Crippen molar-refractivity contribution in [3.05, 3.63) is 69.4 Å². The van der Waals surface area contributed by atoms with Crippen molar-refractivity contribution in [1.29, 1.82) is 0 Å². The predicted octanol–water partition coefficient (Wildman–Crippen LogP) is 4.19. The summed E-state index contributed by atoms with van der Waals surface area (Å²) in [5, 5.41) is 16.4. The van der Waals surface area contributed by atoms with Gasteiger partial charge < -0.3 is 4.57 Å². The van der Waals surface area contributed by atoms with E-state index in [1.54, 1.807) is 18.3 Å². The third-order valence-electron chi connectivity index (χ3n) is 3.54. The molecule has 23 heavy (non-hydrogen) atoms. The zero-order valence-corrected chi connectivity index (χ0v) is 13.0. The number of nitrogens with one attached hydrogen (secondary N) is 1. The summed E-state index contributed by atoms with van der Waals surface area (Å²) in [5.74, 6) is 0. The Balaban J connectivity index is 1.83. The highest BCUT2D eigenvalue weighted by Gasteiger charge is 2.11. The lowest BCUT2D eigenvalue weighted by Gasteiger charge is -1.99. The van der Waals surface area contributed by atoms with Crippen LogP contribution in [0, 0.1) is 10.1 Å². The molecule has 0 bridgehead atoms. The summed E-state index contributed by atoms with van der Waals surface area (Å²) < 4.78 is 1.89. The number of benzene rings is 2. The Bertz CT molecular complexity index is 900. The van der Waals surface area contributed by atoms with Gasteiger partial charge in [0.15, 0.2) is 0 Å². The van der Waals surface area contributed by atoms with Gasteiger partial charge in [0.25, 0.3) is 5.69 Å². The number of non-ortho nitro benzene ring substituents is 1. The molecule has 6 nitrogen and oxygen atoms in total. The minimum atomic E-state index is -0.442. The molecule has 0 atom stereocenters. The van der Waals surface area contributed by atoms with Crippen molar-refractivity contribution in [1.82, 2.24) is 4.57 Å². The fourth-order valence-electron chi connectivity index (χ4n) is 2.34. The maximum absolute atomic E-state index is 10.6. The van der Waals surface area contributed by atoms with E-state index in [0.29, 0.717) is 10.8 Å². The molecule has 3 aromatic rings. The van der Waals surface area contributed by atoms with Gasteiger partial charge in [-0.3, -0.25) is 15.5 Å². The quantitative estimate of drug-likeness (QED) is 0.443. The van der Waals surface area contributed by atoms with E-state index in [2.05, 4.69) is 10.5 Å². The fraction of sp³-hybridized carbons (Fsp3) is 0.0625. The Morgan fingerprint density at radius 1 is 1.22 bits per heavy atom. The van der Waals surface area contributed by atoms with Gasteiger partial charge in [0, 0.05) is 35.6 Å². The highest BCUT2D eigenvalue weighted by molar-refractivity contribution is 6.34. The van der Waals surface area contributed by atoms with Crippen LogP contribution in [0.4, 0.5) is 11.4 Å². The zero-order chi connectivity index (χ0) is 16.4. The van der Waals surface area contributed by atoms with Crippen LogP contribution < -0.4 is 5.43 Å². The molecule has 0 amide bonds. The van der Waals surface area contributed by atoms with Crippen LogP contribution in [0.1, 0.15) is 5.56 Å². The number of hydrogen-bond donors (Lipinski definition) is 1. The van der Waals surface area contributed by atoms with Crippen LogP contribution in [-0.4, -0.2) is 15.7 Å². The van der Waals surface area contributed by atoms with Crippen LogP contribution in [0.25, 0.3) is 10.9 Å². The van der Waals surface area contributed by atoms with Gasteiger partial charge in [-0.15, -0.1) is 0 Å². The second-order valence-corrected chi connectivity index (χ2v) is 5.31. The number of hydrogen-bond acceptors (Lipinski definition) is 4. The molecular formula is C16H13ClN4O2. The lowest BCUT2D eigenvalue weighted by molar-refractivity contribution is -0.384. The number of para-hydroxylation sites is 1. The molecule has 1 aromatic heterocycles. The van der Waals surface area contributed by atoms with E-state index in [9.17, 15) is 10.1 Å². The molecule has 1 N–H and O–H groups in total. The van der Waals surface area contributed by atoms with Gasteiger partial charge in [-0.25, -0.2) is 0 Å². The topological polar surface area (TPSA) is 72.5 Å². The van der Waals surface area contributed by atoms with E-state index in [1.165, 1.54) is 12.1 Å². The third kappa shape index (κ3) is 2.89. The fourth-order valence-corrected chi connectivity index (χ4v) is 2.58. The van der Waals surface area contributed by atoms with Crippen LogP contribution in [0.15, 0.2) is 53.6 Å². The zero-order valence-electron chi connectivity index (χ0n) is 12.2. The summed E-state index contributed by atoms with van der Waals surface area (Å²) in [7, 11) is 1.89. The number of fused-ring (bicyclic) bond motifs is 1. The molecule has 0 saturated carbocycles. The predicted molar refractivity (Wildman–Crippen MR) is 92.2 cm³/mol. The Morgan fingerprint density at radius 3 is 2.61 bits per heavy atom. The average Bonchev–Trinajstić information content (AvgIpc) is 2.81. The number of aromatic nitrogens is 1. The van der Waals surface area contributed by atoms with Gasteiger partial charge in [-0.05, 0) is 18.2 Å². The molecular weight excluding hydrogens is 316 g/mol. The number of hydrazone groups is 1. The van der Waals surface area contributed by atoms with Crippen LogP contribution in [-0.2, 0) is 7.05 Å². The van der Waals surface area contributed by atoms with E-state index in [4.69, 9.17) is 11.6 Å². The number of nitro benzene ring substituents is 1. The smallest absolute Gasteiger partial charge is 0.269 e. The summed E-state index contributed by atoms with van der Waals surface area (Å²) in [5.41, 5.74) is 5.37. The van der Waals surface area contributed by atoms with Crippen LogP contribution in [0.5, 0.6) is 0 Å². The molecule has 2 aromatic carbocycles. The lowest BCUT2D eigenvalue weighted by atomic mass is 10.2. The number of halogens is 1. The molecule has 0 unspecified atom stereocenters. The number of nitrogens with zero attached hydrogens (tertiary/aromatic N) is 3. The Hall–Kier alpha value is -2.86. The first-order valence-corrected chi connectivity index (χ1v) is 7.22. The summed E-state index contributed by atoms with van der Waals surface area (Å²) in [6, 6.07) is 13.9. The molecule has 0 saturated heterocycles. The molecule has 0 radical (unpaired) electrons. The van der Waals surface area contributed by atoms with Gasteiger partial charge in [-0.1, -0.05) is 29.8 Å². The van der Waals surface area contributed by atoms with Gasteiger partial charge in [-0.2, -0.15) is 5.10 Å². The average molecular weight is 329 g/mol. The van der Waals surface area contributed by atoms with Gasteiger partial charge in [0.05, 0.1) is 16.8 Å². The van der Waals surface area contributed by atoms with E-state index in [-0.39, 0.29) is 5.69 Å². The second-order valence-electron chi connectivity index (χ2n) is 4.95. The van der Waals surface area contributed by atoms with Crippen molar-refractivity contribution in [2.24, 2.45) is 12.1 Å². The summed E-state index contributed by atoms with van der Waals surface area (Å²) >= 11 is 6.34. The highest BCUT2D eigenvalue weighted by atomic mass is 35.5. The highest BCUT2D eigenvalue weighted by Crippen LogP contribution is 2.27. The van der Waals surface area contributed by atoms with Gasteiger partial charge in [0.1, 0.15) is 5.15 Å². The van der Waals surface area contributed by atoms with Crippen LogP contribution in [0.3, 0.4) is 0 Å². The lowest BCUT2D eigenvalue weighted by Crippen LogP contribution is -1.92. The molecule has 3 rings (SSSR count). The standard InChI is InChI=1S/C16H13ClN4O2/c1-20-15-5-3-2-4-13(15)14(16(20)17)10-18-19-11-6-8-12(9-7-11)21(22)23/h2-10,19H,1H3. The first kappa shape index (κ1) is 15.1. The summed E-state index contributed by atoms with van der Waals surface area (Å²) in [6.45, 7) is 0. The molecule has 0 aliphatic carbocycles. The van der Waals surface area contributed by atoms with Crippen molar-refractivity contribution >= 4 is 40.1 Å². The van der Waals surface area contributed by atoms with Crippen molar-refractivity contribution in [2.45, 2.75) is 0 Å². The van der Waals surface area contributed by atoms with Crippen molar-refractivity contribution in [2.75, 3.05) is 5.43 Å². The minimum Gasteiger partial charge on any atom is -0.334 e. The van der Waals surface area contributed by atoms with E-state index >= 15 is 0 Å². The second kappa shape index (κ2) is 6.10. The Morgan fingerprint density at radius 2 is 1.91 bits per heavy atom. The first-order chi connectivity index (χ1) is 11.1. The number of rotatable bonds is 4. The van der Waals surface area contributed by atoms with E-state index < -0.39 is 4.92 Å². The van der Waals surface area contributed by atoms with E-state index in [1.807, 2.05) is 35.9 Å². The first-order valence-electron chi connectivity index (χ1n) is 6.84. The maximum atomic E-state index is 10.6. The maximum Gasteiger partial charge on any atom is 0.269 e. The molecule has 116 valence electrons. The molecule has 0 fully saturated rings. The molecule has 7 heteroatoms. The normalized spacial score (nSPS) is 11.2. The summed E-state index contributed by atoms with van der Waals surface area (Å²) in [6.07, 6.45) is 1.64. The van der Waals surface area contributed by atoms with E-state index in [0.717, 1.165) is 16.5 Å². The van der Waals surface area contributed by atoms with Crippen molar-refractivity contribution in [3.8, 4) is 0 Å². The van der Waals surface area contributed by atoms with Crippen molar-refractivity contribution in [3.63, 3.8) is 0 Å².